The Kier molecular flexibility index (Phi) is 5.70. The molecule has 7 heteroatoms. The van der Waals surface area contributed by atoms with Crippen LogP contribution in [0.4, 0.5) is 14.5 Å². The van der Waals surface area contributed by atoms with Gasteiger partial charge >= 0.3 is 5.97 Å². The van der Waals surface area contributed by atoms with Crippen LogP contribution in [0.15, 0.2) is 42.5 Å². The van der Waals surface area contributed by atoms with Crippen LogP contribution in [0.3, 0.4) is 0 Å². The number of aromatic nitrogens is 1. The van der Waals surface area contributed by atoms with Crippen molar-refractivity contribution in [2.24, 2.45) is 0 Å². The fourth-order valence-corrected chi connectivity index (χ4v) is 3.76. The van der Waals surface area contributed by atoms with Crippen molar-refractivity contribution in [1.82, 2.24) is 4.98 Å². The Morgan fingerprint density at radius 3 is 2.67 bits per heavy atom. The van der Waals surface area contributed by atoms with E-state index in [0.717, 1.165) is 55.5 Å². The Bertz CT molecular complexity index is 1130. The van der Waals surface area contributed by atoms with Crippen LogP contribution in [-0.2, 0) is 22.4 Å². The third-order valence-corrected chi connectivity index (χ3v) is 5.16. The normalized spacial score (nSPS) is 13.4. The summed E-state index contributed by atoms with van der Waals surface area (Å²) >= 11 is 0. The Balaban J connectivity index is 1.56. The lowest BCUT2D eigenvalue weighted by Gasteiger charge is -2.15. The Morgan fingerprint density at radius 2 is 1.83 bits per heavy atom. The predicted molar refractivity (Wildman–Crippen MR) is 108 cm³/mol. The first-order valence-corrected chi connectivity index (χ1v) is 9.85. The first-order valence-electron chi connectivity index (χ1n) is 9.85. The number of halogens is 2. The molecule has 0 aliphatic heterocycles. The number of para-hydroxylation sites is 1. The lowest BCUT2D eigenvalue weighted by molar-refractivity contribution is -0.119. The number of hydrogen-bond acceptors (Lipinski definition) is 4. The van der Waals surface area contributed by atoms with Crippen LogP contribution >= 0.6 is 0 Å². The summed E-state index contributed by atoms with van der Waals surface area (Å²) in [5.41, 5.74) is 2.75. The second kappa shape index (κ2) is 8.57. The highest BCUT2D eigenvalue weighted by Gasteiger charge is 2.23. The van der Waals surface area contributed by atoms with Gasteiger partial charge in [-0.25, -0.2) is 13.6 Å². The lowest BCUT2D eigenvalue weighted by Crippen LogP contribution is -2.22. The molecule has 1 heterocycles. The van der Waals surface area contributed by atoms with Crippen LogP contribution in [0, 0.1) is 11.6 Å². The quantitative estimate of drug-likeness (QED) is 0.505. The number of fused-ring (bicyclic) bond motifs is 2. The molecule has 1 N–H and O–H groups in total. The molecule has 0 radical (unpaired) electrons. The molecule has 1 aromatic heterocycles. The highest BCUT2D eigenvalue weighted by atomic mass is 19.1. The van der Waals surface area contributed by atoms with Crippen LogP contribution in [0.1, 0.15) is 40.9 Å². The minimum atomic E-state index is -0.903. The van der Waals surface area contributed by atoms with Crippen LogP contribution < -0.4 is 5.32 Å². The second-order valence-corrected chi connectivity index (χ2v) is 7.24. The van der Waals surface area contributed by atoms with Crippen molar-refractivity contribution in [1.29, 1.82) is 0 Å². The van der Waals surface area contributed by atoms with Gasteiger partial charge in [0.25, 0.3) is 5.91 Å². The van der Waals surface area contributed by atoms with E-state index in [1.54, 1.807) is 0 Å². The number of rotatable bonds is 4. The van der Waals surface area contributed by atoms with Gasteiger partial charge in [0.2, 0.25) is 0 Å². The zero-order chi connectivity index (χ0) is 21.1. The van der Waals surface area contributed by atoms with Gasteiger partial charge in [-0.05, 0) is 49.4 Å². The number of nitrogens with zero attached hydrogens (tertiary/aromatic N) is 1. The Labute approximate surface area is 172 Å². The Morgan fingerprint density at radius 1 is 1.03 bits per heavy atom. The van der Waals surface area contributed by atoms with Crippen molar-refractivity contribution in [2.45, 2.75) is 32.1 Å². The van der Waals surface area contributed by atoms with Crippen LogP contribution in [-0.4, -0.2) is 23.5 Å². The monoisotopic (exact) mass is 410 g/mol. The molecule has 1 amide bonds. The number of aryl methyl sites for hydroxylation is 1. The SMILES string of the molecule is O=C(COC(=O)c1c2c(nc3ccccc13)CCCCC2)Nc1ccc(F)cc1F. The number of benzene rings is 2. The fraction of sp³-hybridized carbons (Fsp3) is 0.261. The van der Waals surface area contributed by atoms with Gasteiger partial charge in [-0.2, -0.15) is 0 Å². The van der Waals surface area contributed by atoms with Crippen molar-refractivity contribution < 1.29 is 23.1 Å². The van der Waals surface area contributed by atoms with E-state index in [0.29, 0.717) is 22.5 Å². The molecule has 2 aromatic carbocycles. The van der Waals surface area contributed by atoms with E-state index in [9.17, 15) is 18.4 Å². The third kappa shape index (κ3) is 4.15. The molecular weight excluding hydrogens is 390 g/mol. The van der Waals surface area contributed by atoms with E-state index < -0.39 is 30.1 Å². The van der Waals surface area contributed by atoms with E-state index in [1.165, 1.54) is 0 Å². The predicted octanol–water partition coefficient (Wildman–Crippen LogP) is 4.58. The molecule has 0 unspecified atom stereocenters. The molecule has 1 aliphatic carbocycles. The van der Waals surface area contributed by atoms with E-state index in [2.05, 4.69) is 5.32 Å². The molecule has 154 valence electrons. The van der Waals surface area contributed by atoms with Gasteiger partial charge in [0.15, 0.2) is 6.61 Å². The number of carbonyl (C=O) groups is 2. The summed E-state index contributed by atoms with van der Waals surface area (Å²) in [7, 11) is 0. The zero-order valence-corrected chi connectivity index (χ0v) is 16.2. The summed E-state index contributed by atoms with van der Waals surface area (Å²) in [6, 6.07) is 10.2. The number of anilines is 1. The molecule has 0 saturated heterocycles. The highest BCUT2D eigenvalue weighted by Crippen LogP contribution is 2.29. The molecular formula is C23H20F2N2O3. The molecule has 30 heavy (non-hydrogen) atoms. The van der Waals surface area contributed by atoms with Crippen molar-refractivity contribution >= 4 is 28.5 Å². The van der Waals surface area contributed by atoms with E-state index >= 15 is 0 Å². The van der Waals surface area contributed by atoms with Gasteiger partial charge < -0.3 is 10.1 Å². The van der Waals surface area contributed by atoms with Gasteiger partial charge in [0.1, 0.15) is 11.6 Å². The lowest BCUT2D eigenvalue weighted by atomic mass is 9.97. The smallest absolute Gasteiger partial charge is 0.339 e. The number of esters is 1. The molecule has 0 bridgehead atoms. The van der Waals surface area contributed by atoms with Crippen LogP contribution in [0.25, 0.3) is 10.9 Å². The molecule has 0 fully saturated rings. The van der Waals surface area contributed by atoms with Gasteiger partial charge in [-0.15, -0.1) is 0 Å². The van der Waals surface area contributed by atoms with E-state index in [1.807, 2.05) is 24.3 Å². The summed E-state index contributed by atoms with van der Waals surface area (Å²) in [4.78, 5) is 29.8. The number of carbonyl (C=O) groups excluding carboxylic acids is 2. The summed E-state index contributed by atoms with van der Waals surface area (Å²) in [5.74, 6) is -2.97. The first-order chi connectivity index (χ1) is 14.5. The van der Waals surface area contributed by atoms with Crippen molar-refractivity contribution in [3.63, 3.8) is 0 Å². The number of pyridine rings is 1. The van der Waals surface area contributed by atoms with Gasteiger partial charge in [-0.3, -0.25) is 9.78 Å². The van der Waals surface area contributed by atoms with Crippen molar-refractivity contribution in [2.75, 3.05) is 11.9 Å². The topological polar surface area (TPSA) is 68.3 Å². The van der Waals surface area contributed by atoms with Crippen molar-refractivity contribution in [3.05, 3.63) is 70.9 Å². The molecule has 5 nitrogen and oxygen atoms in total. The maximum Gasteiger partial charge on any atom is 0.339 e. The summed E-state index contributed by atoms with van der Waals surface area (Å²) in [6.45, 7) is -0.582. The van der Waals surface area contributed by atoms with Crippen LogP contribution in [0.5, 0.6) is 0 Å². The first kappa shape index (κ1) is 19.9. The maximum absolute atomic E-state index is 13.7. The third-order valence-electron chi connectivity index (χ3n) is 5.16. The maximum atomic E-state index is 13.7. The summed E-state index contributed by atoms with van der Waals surface area (Å²) < 4.78 is 32.0. The number of nitrogens with one attached hydrogen (secondary N) is 1. The molecule has 1 aliphatic rings. The number of hydrogen-bond donors (Lipinski definition) is 1. The van der Waals surface area contributed by atoms with Gasteiger partial charge in [-0.1, -0.05) is 24.6 Å². The minimum Gasteiger partial charge on any atom is -0.452 e. The standard InChI is InChI=1S/C23H20F2N2O3/c24-14-10-11-20(17(25)12-14)27-21(28)13-30-23(29)22-15-6-2-1-3-8-18(15)26-19-9-5-4-7-16(19)22/h4-5,7,9-12H,1-3,6,8,13H2,(H,27,28). The Hall–Kier alpha value is -3.35. The second-order valence-electron chi connectivity index (χ2n) is 7.24. The van der Waals surface area contributed by atoms with Gasteiger partial charge in [0, 0.05) is 17.1 Å². The number of amides is 1. The summed E-state index contributed by atoms with van der Waals surface area (Å²) in [5, 5.41) is 2.97. The van der Waals surface area contributed by atoms with E-state index in [-0.39, 0.29) is 5.69 Å². The van der Waals surface area contributed by atoms with Gasteiger partial charge in [0.05, 0.1) is 16.8 Å². The molecule has 4 rings (SSSR count). The number of ether oxygens (including phenoxy) is 1. The fourth-order valence-electron chi connectivity index (χ4n) is 3.76. The molecule has 0 atom stereocenters. The minimum absolute atomic E-state index is 0.180. The summed E-state index contributed by atoms with van der Waals surface area (Å²) in [6.07, 6.45) is 4.55. The zero-order valence-electron chi connectivity index (χ0n) is 16.2. The molecule has 0 saturated carbocycles. The highest BCUT2D eigenvalue weighted by molar-refractivity contribution is 6.06. The largest absolute Gasteiger partial charge is 0.452 e. The molecule has 0 spiro atoms. The average molecular weight is 410 g/mol. The average Bonchev–Trinajstić information content (AvgIpc) is 2.97. The van der Waals surface area contributed by atoms with Crippen LogP contribution in [0.2, 0.25) is 0 Å². The van der Waals surface area contributed by atoms with Crippen molar-refractivity contribution in [3.8, 4) is 0 Å². The molecule has 3 aromatic rings. The van der Waals surface area contributed by atoms with E-state index in [4.69, 9.17) is 9.72 Å².